The monoisotopic (exact) mass is 241 g/mol. The Morgan fingerprint density at radius 3 is 2.77 bits per heavy atom. The third-order valence-electron chi connectivity index (χ3n) is 2.33. The molecule has 1 aromatic carbocycles. The van der Waals surface area contributed by atoms with Gasteiger partial charge in [0.05, 0.1) is 6.61 Å². The Bertz CT molecular complexity index is 310. The molecule has 1 aliphatic rings. The molecule has 0 radical (unpaired) electrons. The maximum atomic E-state index is 5.01. The van der Waals surface area contributed by atoms with Crippen LogP contribution in [0.1, 0.15) is 29.9 Å². The van der Waals surface area contributed by atoms with Crippen molar-refractivity contribution >= 4 is 15.9 Å². The molecule has 2 nitrogen and oxygen atoms in total. The third kappa shape index (κ3) is 2.10. The molecule has 0 aromatic heterocycles. The summed E-state index contributed by atoms with van der Waals surface area (Å²) >= 11 is 3.56. The van der Waals surface area contributed by atoms with Crippen molar-refractivity contribution in [2.24, 2.45) is 5.90 Å². The van der Waals surface area contributed by atoms with E-state index in [1.165, 1.54) is 22.9 Å². The summed E-state index contributed by atoms with van der Waals surface area (Å²) in [6.45, 7) is 0.476. The first-order valence-electron chi connectivity index (χ1n) is 4.41. The molecule has 0 unspecified atom stereocenters. The molecule has 0 amide bonds. The maximum absolute atomic E-state index is 5.01. The summed E-state index contributed by atoms with van der Waals surface area (Å²) in [7, 11) is 0. The molecule has 0 heterocycles. The van der Waals surface area contributed by atoms with Crippen LogP contribution in [0.3, 0.4) is 0 Å². The van der Waals surface area contributed by atoms with E-state index in [0.29, 0.717) is 6.61 Å². The van der Waals surface area contributed by atoms with Gasteiger partial charge in [0.2, 0.25) is 0 Å². The van der Waals surface area contributed by atoms with Crippen LogP contribution < -0.4 is 5.90 Å². The second kappa shape index (κ2) is 3.78. The fourth-order valence-corrected chi connectivity index (χ4v) is 2.23. The van der Waals surface area contributed by atoms with Crippen molar-refractivity contribution in [3.8, 4) is 0 Å². The Morgan fingerprint density at radius 2 is 2.23 bits per heavy atom. The smallest absolute Gasteiger partial charge is 0.0930 e. The minimum Gasteiger partial charge on any atom is -0.300 e. The number of nitrogens with two attached hydrogens (primary N) is 1. The number of hydrogen-bond acceptors (Lipinski definition) is 2. The summed E-state index contributed by atoms with van der Waals surface area (Å²) in [5, 5.41) is 0. The Balaban J connectivity index is 2.21. The molecular formula is C10H12BrNO. The number of benzene rings is 1. The molecule has 1 aliphatic carbocycles. The predicted molar refractivity (Wildman–Crippen MR) is 55.1 cm³/mol. The van der Waals surface area contributed by atoms with Crippen molar-refractivity contribution in [3.63, 3.8) is 0 Å². The second-order valence-electron chi connectivity index (χ2n) is 3.44. The number of rotatable bonds is 3. The van der Waals surface area contributed by atoms with Crippen molar-refractivity contribution < 1.29 is 4.84 Å². The van der Waals surface area contributed by atoms with E-state index in [2.05, 4.69) is 39.0 Å². The first-order chi connectivity index (χ1) is 6.31. The summed E-state index contributed by atoms with van der Waals surface area (Å²) in [5.74, 6) is 5.79. The van der Waals surface area contributed by atoms with Crippen LogP contribution in [0, 0.1) is 0 Å². The molecule has 1 saturated carbocycles. The van der Waals surface area contributed by atoms with Crippen LogP contribution in [-0.4, -0.2) is 0 Å². The largest absolute Gasteiger partial charge is 0.300 e. The molecule has 0 bridgehead atoms. The van der Waals surface area contributed by atoms with Gasteiger partial charge in [-0.25, -0.2) is 5.90 Å². The van der Waals surface area contributed by atoms with E-state index in [9.17, 15) is 0 Å². The lowest BCUT2D eigenvalue weighted by Crippen LogP contribution is -1.99. The molecule has 2 N–H and O–H groups in total. The van der Waals surface area contributed by atoms with Gasteiger partial charge in [0.15, 0.2) is 0 Å². The second-order valence-corrected chi connectivity index (χ2v) is 4.30. The molecule has 3 heteroatoms. The quantitative estimate of drug-likeness (QED) is 0.827. The SMILES string of the molecule is NOCc1ccc(C2CC2)c(Br)c1. The number of hydrogen-bond donors (Lipinski definition) is 1. The number of halogens is 1. The maximum Gasteiger partial charge on any atom is 0.0930 e. The van der Waals surface area contributed by atoms with E-state index in [4.69, 9.17) is 5.90 Å². The highest BCUT2D eigenvalue weighted by Gasteiger charge is 2.25. The molecule has 2 rings (SSSR count). The Labute approximate surface area is 86.2 Å². The summed E-state index contributed by atoms with van der Waals surface area (Å²) < 4.78 is 1.18. The van der Waals surface area contributed by atoms with Crippen LogP contribution in [0.2, 0.25) is 0 Å². The predicted octanol–water partition coefficient (Wildman–Crippen LogP) is 2.72. The zero-order chi connectivity index (χ0) is 9.26. The Kier molecular flexibility index (Phi) is 2.67. The summed E-state index contributed by atoms with van der Waals surface area (Å²) in [6, 6.07) is 6.32. The van der Waals surface area contributed by atoms with Crippen molar-refractivity contribution in [2.45, 2.75) is 25.4 Å². The van der Waals surface area contributed by atoms with Crippen molar-refractivity contribution in [3.05, 3.63) is 33.8 Å². The van der Waals surface area contributed by atoms with Gasteiger partial charge in [-0.3, -0.25) is 4.84 Å². The van der Waals surface area contributed by atoms with Crippen LogP contribution >= 0.6 is 15.9 Å². The normalized spacial score (nSPS) is 16.2. The molecule has 1 aromatic rings. The molecular weight excluding hydrogens is 230 g/mol. The van der Waals surface area contributed by atoms with Gasteiger partial charge in [0.1, 0.15) is 0 Å². The Morgan fingerprint density at radius 1 is 1.46 bits per heavy atom. The van der Waals surface area contributed by atoms with E-state index in [-0.39, 0.29) is 0 Å². The van der Waals surface area contributed by atoms with Gasteiger partial charge in [0, 0.05) is 4.47 Å². The van der Waals surface area contributed by atoms with Crippen LogP contribution in [-0.2, 0) is 11.4 Å². The summed E-state index contributed by atoms with van der Waals surface area (Å²) in [4.78, 5) is 4.58. The van der Waals surface area contributed by atoms with Gasteiger partial charge in [0.25, 0.3) is 0 Å². The van der Waals surface area contributed by atoms with E-state index < -0.39 is 0 Å². The third-order valence-corrected chi connectivity index (χ3v) is 3.02. The minimum atomic E-state index is 0.476. The molecule has 13 heavy (non-hydrogen) atoms. The molecule has 0 spiro atoms. The molecule has 70 valence electrons. The van der Waals surface area contributed by atoms with Crippen LogP contribution in [0.25, 0.3) is 0 Å². The standard InChI is InChI=1S/C10H12BrNO/c11-10-5-7(6-13-12)1-4-9(10)8-2-3-8/h1,4-5,8H,2-3,6,12H2. The Hall–Kier alpha value is -0.380. The highest BCUT2D eigenvalue weighted by atomic mass is 79.9. The van der Waals surface area contributed by atoms with Crippen LogP contribution in [0.5, 0.6) is 0 Å². The first kappa shape index (κ1) is 9.19. The molecule has 0 atom stereocenters. The zero-order valence-electron chi connectivity index (χ0n) is 7.29. The fourth-order valence-electron chi connectivity index (χ4n) is 1.48. The van der Waals surface area contributed by atoms with Crippen molar-refractivity contribution in [1.29, 1.82) is 0 Å². The molecule has 0 aliphatic heterocycles. The summed E-state index contributed by atoms with van der Waals surface area (Å²) in [5.41, 5.74) is 2.53. The average Bonchev–Trinajstić information content (AvgIpc) is 2.88. The first-order valence-corrected chi connectivity index (χ1v) is 5.20. The van der Waals surface area contributed by atoms with E-state index >= 15 is 0 Å². The lowest BCUT2D eigenvalue weighted by molar-refractivity contribution is 0.124. The summed E-state index contributed by atoms with van der Waals surface area (Å²) in [6.07, 6.45) is 2.65. The average molecular weight is 242 g/mol. The van der Waals surface area contributed by atoms with Crippen molar-refractivity contribution in [1.82, 2.24) is 0 Å². The van der Waals surface area contributed by atoms with Crippen LogP contribution in [0.15, 0.2) is 22.7 Å². The van der Waals surface area contributed by atoms with Gasteiger partial charge in [-0.2, -0.15) is 0 Å². The highest BCUT2D eigenvalue weighted by molar-refractivity contribution is 9.10. The molecule has 1 fully saturated rings. The topological polar surface area (TPSA) is 35.2 Å². The highest BCUT2D eigenvalue weighted by Crippen LogP contribution is 2.43. The van der Waals surface area contributed by atoms with Crippen molar-refractivity contribution in [2.75, 3.05) is 0 Å². The van der Waals surface area contributed by atoms with Crippen LogP contribution in [0.4, 0.5) is 0 Å². The van der Waals surface area contributed by atoms with E-state index in [1.54, 1.807) is 0 Å². The lowest BCUT2D eigenvalue weighted by atomic mass is 10.1. The minimum absolute atomic E-state index is 0.476. The van der Waals surface area contributed by atoms with E-state index in [0.717, 1.165) is 11.5 Å². The zero-order valence-corrected chi connectivity index (χ0v) is 8.88. The van der Waals surface area contributed by atoms with Gasteiger partial charge in [-0.05, 0) is 36.0 Å². The lowest BCUT2D eigenvalue weighted by Gasteiger charge is -2.05. The van der Waals surface area contributed by atoms with Gasteiger partial charge >= 0.3 is 0 Å². The fraction of sp³-hybridized carbons (Fsp3) is 0.400. The van der Waals surface area contributed by atoms with Gasteiger partial charge in [-0.15, -0.1) is 0 Å². The van der Waals surface area contributed by atoms with Gasteiger partial charge < -0.3 is 0 Å². The van der Waals surface area contributed by atoms with E-state index in [1.807, 2.05) is 0 Å². The van der Waals surface area contributed by atoms with Gasteiger partial charge in [-0.1, -0.05) is 28.1 Å². The molecule has 0 saturated heterocycles.